The summed E-state index contributed by atoms with van der Waals surface area (Å²) in [5, 5.41) is 2.82. The van der Waals surface area contributed by atoms with Gasteiger partial charge in [-0.3, -0.25) is 4.79 Å². The van der Waals surface area contributed by atoms with Gasteiger partial charge in [0.05, 0.1) is 6.04 Å². The van der Waals surface area contributed by atoms with Crippen LogP contribution in [0.2, 0.25) is 0 Å². The SMILES string of the molecule is C#CCCCCC(=O)NC(C#C)CCC. The zero-order valence-electron chi connectivity index (χ0n) is 9.38. The van der Waals surface area contributed by atoms with Gasteiger partial charge in [-0.1, -0.05) is 19.3 Å². The van der Waals surface area contributed by atoms with Crippen LogP contribution in [-0.2, 0) is 4.79 Å². The molecule has 0 aromatic carbocycles. The van der Waals surface area contributed by atoms with Gasteiger partial charge >= 0.3 is 0 Å². The van der Waals surface area contributed by atoms with Crippen molar-refractivity contribution >= 4 is 5.91 Å². The molecule has 0 saturated heterocycles. The van der Waals surface area contributed by atoms with Crippen LogP contribution in [0.25, 0.3) is 0 Å². The first-order valence-electron chi connectivity index (χ1n) is 5.43. The molecule has 0 rings (SSSR count). The Kier molecular flexibility index (Phi) is 8.30. The van der Waals surface area contributed by atoms with E-state index >= 15 is 0 Å². The molecule has 0 aliphatic rings. The Balaban J connectivity index is 3.64. The Labute approximate surface area is 92.8 Å². The Morgan fingerprint density at radius 2 is 2.13 bits per heavy atom. The highest BCUT2D eigenvalue weighted by Gasteiger charge is 2.07. The first-order chi connectivity index (χ1) is 7.24. The molecule has 0 aromatic heterocycles. The van der Waals surface area contributed by atoms with Crippen LogP contribution < -0.4 is 5.32 Å². The van der Waals surface area contributed by atoms with Gasteiger partial charge in [0.25, 0.3) is 0 Å². The number of carbonyl (C=O) groups excluding carboxylic acids is 1. The topological polar surface area (TPSA) is 29.1 Å². The van der Waals surface area contributed by atoms with Crippen molar-refractivity contribution in [3.05, 3.63) is 0 Å². The van der Waals surface area contributed by atoms with Crippen molar-refractivity contribution in [2.75, 3.05) is 0 Å². The standard InChI is InChI=1S/C13H19NO/c1-4-7-8-9-11-13(15)14-12(6-3)10-5-2/h1,3,12H,5,7-11H2,2H3,(H,14,15). The Morgan fingerprint density at radius 1 is 1.40 bits per heavy atom. The second kappa shape index (κ2) is 9.16. The van der Waals surface area contributed by atoms with Gasteiger partial charge < -0.3 is 5.32 Å². The van der Waals surface area contributed by atoms with Crippen LogP contribution in [0.4, 0.5) is 0 Å². The molecular weight excluding hydrogens is 186 g/mol. The van der Waals surface area contributed by atoms with Gasteiger partial charge in [0, 0.05) is 12.8 Å². The van der Waals surface area contributed by atoms with E-state index in [2.05, 4.69) is 17.2 Å². The number of hydrogen-bond acceptors (Lipinski definition) is 1. The van der Waals surface area contributed by atoms with Crippen molar-refractivity contribution in [2.24, 2.45) is 0 Å². The number of carbonyl (C=O) groups is 1. The molecule has 0 heterocycles. The van der Waals surface area contributed by atoms with Gasteiger partial charge in [0.15, 0.2) is 0 Å². The maximum Gasteiger partial charge on any atom is 0.220 e. The summed E-state index contributed by atoms with van der Waals surface area (Å²) in [6, 6.07) is -0.116. The van der Waals surface area contributed by atoms with E-state index in [1.807, 2.05) is 6.92 Å². The zero-order valence-corrected chi connectivity index (χ0v) is 9.38. The van der Waals surface area contributed by atoms with E-state index in [0.717, 1.165) is 32.1 Å². The first-order valence-corrected chi connectivity index (χ1v) is 5.43. The lowest BCUT2D eigenvalue weighted by Gasteiger charge is -2.11. The highest BCUT2D eigenvalue weighted by Crippen LogP contribution is 2.00. The molecule has 2 nitrogen and oxygen atoms in total. The minimum absolute atomic E-state index is 0.0309. The molecule has 0 aliphatic carbocycles. The summed E-state index contributed by atoms with van der Waals surface area (Å²) in [5.74, 6) is 5.15. The molecule has 1 N–H and O–H groups in total. The molecular formula is C13H19NO. The highest BCUT2D eigenvalue weighted by molar-refractivity contribution is 5.76. The van der Waals surface area contributed by atoms with E-state index in [4.69, 9.17) is 12.8 Å². The van der Waals surface area contributed by atoms with E-state index < -0.39 is 0 Å². The Hall–Kier alpha value is -1.41. The number of terminal acetylenes is 2. The van der Waals surface area contributed by atoms with Crippen molar-refractivity contribution in [1.82, 2.24) is 5.32 Å². The number of nitrogens with one attached hydrogen (secondary N) is 1. The molecule has 0 radical (unpaired) electrons. The minimum Gasteiger partial charge on any atom is -0.342 e. The normalized spacial score (nSPS) is 11.1. The quantitative estimate of drug-likeness (QED) is 0.500. The molecule has 0 bridgehead atoms. The smallest absolute Gasteiger partial charge is 0.220 e. The van der Waals surface area contributed by atoms with E-state index in [1.54, 1.807) is 0 Å². The van der Waals surface area contributed by atoms with Gasteiger partial charge in [-0.05, 0) is 19.3 Å². The number of amides is 1. The number of rotatable bonds is 7. The molecule has 0 fully saturated rings. The zero-order chi connectivity index (χ0) is 11.5. The second-order valence-electron chi connectivity index (χ2n) is 3.49. The molecule has 0 saturated carbocycles. The number of hydrogen-bond donors (Lipinski definition) is 1. The van der Waals surface area contributed by atoms with Crippen molar-refractivity contribution in [3.8, 4) is 24.7 Å². The van der Waals surface area contributed by atoms with Gasteiger partial charge in [-0.2, -0.15) is 0 Å². The third-order valence-corrected chi connectivity index (χ3v) is 2.09. The van der Waals surface area contributed by atoms with Crippen LogP contribution in [0.5, 0.6) is 0 Å². The van der Waals surface area contributed by atoms with Gasteiger partial charge in [0.2, 0.25) is 5.91 Å². The Bertz CT molecular complexity index is 257. The fraction of sp³-hybridized carbons (Fsp3) is 0.615. The third-order valence-electron chi connectivity index (χ3n) is 2.09. The predicted molar refractivity (Wildman–Crippen MR) is 63.0 cm³/mol. The van der Waals surface area contributed by atoms with E-state index in [-0.39, 0.29) is 11.9 Å². The fourth-order valence-electron chi connectivity index (χ4n) is 1.26. The molecule has 0 spiro atoms. The van der Waals surface area contributed by atoms with Crippen LogP contribution in [0, 0.1) is 24.7 Å². The van der Waals surface area contributed by atoms with Gasteiger partial charge in [-0.25, -0.2) is 0 Å². The van der Waals surface area contributed by atoms with E-state index in [0.29, 0.717) is 6.42 Å². The van der Waals surface area contributed by atoms with Crippen LogP contribution in [0.1, 0.15) is 45.4 Å². The maximum atomic E-state index is 11.4. The summed E-state index contributed by atoms with van der Waals surface area (Å²) in [7, 11) is 0. The van der Waals surface area contributed by atoms with Crippen LogP contribution in [0.3, 0.4) is 0 Å². The molecule has 82 valence electrons. The highest BCUT2D eigenvalue weighted by atomic mass is 16.1. The lowest BCUT2D eigenvalue weighted by atomic mass is 10.1. The third kappa shape index (κ3) is 7.65. The first kappa shape index (κ1) is 13.6. The average Bonchev–Trinajstić information content (AvgIpc) is 2.24. The summed E-state index contributed by atoms with van der Waals surface area (Å²) in [6.45, 7) is 2.05. The summed E-state index contributed by atoms with van der Waals surface area (Å²) in [4.78, 5) is 11.4. The molecule has 1 unspecified atom stereocenters. The lowest BCUT2D eigenvalue weighted by molar-refractivity contribution is -0.121. The number of unbranched alkanes of at least 4 members (excludes halogenated alkanes) is 2. The van der Waals surface area contributed by atoms with E-state index in [1.165, 1.54) is 0 Å². The summed E-state index contributed by atoms with van der Waals surface area (Å²) in [5.41, 5.74) is 0. The minimum atomic E-state index is -0.116. The Morgan fingerprint density at radius 3 is 2.67 bits per heavy atom. The summed E-state index contributed by atoms with van der Waals surface area (Å²) in [6.07, 6.45) is 15.2. The van der Waals surface area contributed by atoms with Crippen molar-refractivity contribution in [1.29, 1.82) is 0 Å². The largest absolute Gasteiger partial charge is 0.342 e. The molecule has 0 aliphatic heterocycles. The molecule has 2 heteroatoms. The molecule has 1 atom stereocenters. The second-order valence-corrected chi connectivity index (χ2v) is 3.49. The van der Waals surface area contributed by atoms with E-state index in [9.17, 15) is 4.79 Å². The molecule has 0 aromatic rings. The predicted octanol–water partition coefficient (Wildman–Crippen LogP) is 2.10. The van der Waals surface area contributed by atoms with Crippen molar-refractivity contribution in [2.45, 2.75) is 51.5 Å². The van der Waals surface area contributed by atoms with Crippen molar-refractivity contribution in [3.63, 3.8) is 0 Å². The van der Waals surface area contributed by atoms with Gasteiger partial charge in [0.1, 0.15) is 0 Å². The monoisotopic (exact) mass is 205 g/mol. The molecule has 1 amide bonds. The van der Waals surface area contributed by atoms with Crippen LogP contribution >= 0.6 is 0 Å². The fourth-order valence-corrected chi connectivity index (χ4v) is 1.26. The average molecular weight is 205 g/mol. The lowest BCUT2D eigenvalue weighted by Crippen LogP contribution is -2.33. The molecule has 15 heavy (non-hydrogen) atoms. The summed E-state index contributed by atoms with van der Waals surface area (Å²) >= 11 is 0. The van der Waals surface area contributed by atoms with Crippen molar-refractivity contribution < 1.29 is 4.79 Å². The van der Waals surface area contributed by atoms with Crippen LogP contribution in [0.15, 0.2) is 0 Å². The van der Waals surface area contributed by atoms with Gasteiger partial charge in [-0.15, -0.1) is 18.8 Å². The maximum absolute atomic E-state index is 11.4. The summed E-state index contributed by atoms with van der Waals surface area (Å²) < 4.78 is 0. The van der Waals surface area contributed by atoms with Crippen LogP contribution in [-0.4, -0.2) is 11.9 Å².